The third kappa shape index (κ3) is 1.89. The van der Waals surface area contributed by atoms with Gasteiger partial charge in [-0.05, 0) is 11.3 Å². The minimum absolute atomic E-state index is 0.00846. The highest BCUT2D eigenvalue weighted by molar-refractivity contribution is 7.85. The van der Waals surface area contributed by atoms with E-state index in [4.69, 9.17) is 0 Å². The van der Waals surface area contributed by atoms with Gasteiger partial charge < -0.3 is 15.4 Å². The maximum absolute atomic E-state index is 11.3. The predicted molar refractivity (Wildman–Crippen MR) is 69.6 cm³/mol. The van der Waals surface area contributed by atoms with Gasteiger partial charge in [0, 0.05) is 33.7 Å². The molecule has 3 heterocycles. The Morgan fingerprint density at radius 3 is 3.17 bits per heavy atom. The van der Waals surface area contributed by atoms with Crippen molar-refractivity contribution in [2.45, 2.75) is 12.5 Å². The number of imidazole rings is 1. The van der Waals surface area contributed by atoms with E-state index >= 15 is 0 Å². The monoisotopic (exact) mass is 286 g/mol. The number of hydrogen-bond donors (Lipinski definition) is 1. The van der Waals surface area contributed by atoms with Gasteiger partial charge in [-0.15, -0.1) is 0 Å². The van der Waals surface area contributed by atoms with Crippen molar-refractivity contribution in [1.29, 1.82) is 0 Å². The molecule has 0 bridgehead atoms. The third-order valence-electron chi connectivity index (χ3n) is 2.83. The first-order valence-electron chi connectivity index (χ1n) is 5.36. The van der Waals surface area contributed by atoms with Gasteiger partial charge in [0.05, 0.1) is 0 Å². The van der Waals surface area contributed by atoms with Gasteiger partial charge in [-0.1, -0.05) is 11.3 Å². The van der Waals surface area contributed by atoms with Crippen LogP contribution >= 0.6 is 11.3 Å². The number of rotatable bonds is 3. The molecule has 9 heteroatoms. The number of hydrogen-bond acceptors (Lipinski definition) is 6. The molecular weight excluding hydrogens is 276 g/mol. The van der Waals surface area contributed by atoms with Gasteiger partial charge in [-0.2, -0.15) is 9.38 Å². The fourth-order valence-electron chi connectivity index (χ4n) is 2.02. The molecule has 0 unspecified atom stereocenters. The quantitative estimate of drug-likeness (QED) is 0.677. The van der Waals surface area contributed by atoms with Crippen molar-refractivity contribution in [3.8, 4) is 0 Å². The zero-order chi connectivity index (χ0) is 12.7. The van der Waals surface area contributed by atoms with Gasteiger partial charge in [-0.3, -0.25) is 4.21 Å². The molecule has 0 amide bonds. The maximum atomic E-state index is 11.3. The van der Waals surface area contributed by atoms with Crippen LogP contribution in [0.2, 0.25) is 0 Å². The van der Waals surface area contributed by atoms with Crippen LogP contribution in [0.5, 0.6) is 0 Å². The second kappa shape index (κ2) is 4.32. The number of thiazole rings is 1. The lowest BCUT2D eigenvalue weighted by Gasteiger charge is -2.08. The highest BCUT2D eigenvalue weighted by atomic mass is 32.2. The van der Waals surface area contributed by atoms with E-state index in [0.717, 1.165) is 6.42 Å². The highest BCUT2D eigenvalue weighted by Crippen LogP contribution is 2.29. The number of aromatic nitrogens is 2. The lowest BCUT2D eigenvalue weighted by molar-refractivity contribution is -0.389. The molecule has 2 aromatic rings. The number of nitro groups is 1. The van der Waals surface area contributed by atoms with Gasteiger partial charge in [-0.25, -0.2) is 0 Å². The summed E-state index contributed by atoms with van der Waals surface area (Å²) in [4.78, 5) is 15.4. The molecule has 0 aliphatic carbocycles. The minimum atomic E-state index is -0.816. The molecule has 7 nitrogen and oxygen atoms in total. The van der Waals surface area contributed by atoms with E-state index in [1.165, 1.54) is 15.7 Å². The van der Waals surface area contributed by atoms with E-state index in [1.54, 1.807) is 11.6 Å². The molecule has 1 fully saturated rings. The lowest BCUT2D eigenvalue weighted by atomic mass is 10.3. The Morgan fingerprint density at radius 2 is 2.50 bits per heavy atom. The molecule has 18 heavy (non-hydrogen) atoms. The lowest BCUT2D eigenvalue weighted by Crippen LogP contribution is -2.20. The van der Waals surface area contributed by atoms with E-state index in [-0.39, 0.29) is 17.7 Å². The van der Waals surface area contributed by atoms with Crippen molar-refractivity contribution in [2.24, 2.45) is 0 Å². The van der Waals surface area contributed by atoms with Gasteiger partial charge >= 0.3 is 5.82 Å². The van der Waals surface area contributed by atoms with Gasteiger partial charge in [0.1, 0.15) is 6.20 Å². The summed E-state index contributed by atoms with van der Waals surface area (Å²) >= 11 is 1.35. The van der Waals surface area contributed by atoms with Crippen molar-refractivity contribution < 1.29 is 9.13 Å². The average molecular weight is 286 g/mol. The minimum Gasteiger partial charge on any atom is -0.359 e. The van der Waals surface area contributed by atoms with Crippen LogP contribution in [0.15, 0.2) is 11.6 Å². The molecule has 1 aliphatic heterocycles. The number of nitrogens with one attached hydrogen (secondary N) is 1. The summed E-state index contributed by atoms with van der Waals surface area (Å²) in [5.41, 5.74) is 0. The van der Waals surface area contributed by atoms with Crippen LogP contribution in [0.1, 0.15) is 6.42 Å². The Bertz CT molecular complexity index is 635. The Hall–Kier alpha value is -1.48. The molecule has 2 aromatic heterocycles. The smallest absolute Gasteiger partial charge is 0.359 e. The zero-order valence-corrected chi connectivity index (χ0v) is 10.9. The molecular formula is C9H10N4O3S2. The molecule has 1 saturated heterocycles. The molecule has 0 radical (unpaired) electrons. The van der Waals surface area contributed by atoms with Gasteiger partial charge in [0.2, 0.25) is 5.82 Å². The van der Waals surface area contributed by atoms with Crippen molar-refractivity contribution >= 4 is 38.7 Å². The van der Waals surface area contributed by atoms with Crippen molar-refractivity contribution in [3.63, 3.8) is 0 Å². The van der Waals surface area contributed by atoms with Crippen LogP contribution in [-0.4, -0.2) is 36.1 Å². The SMILES string of the molecule is O=[N+]([O-])c1c(N[C@H]2CC[S@](=O)C2)nc2sccn12. The van der Waals surface area contributed by atoms with Crippen LogP contribution in [0, 0.1) is 10.1 Å². The van der Waals surface area contributed by atoms with Crippen LogP contribution in [-0.2, 0) is 10.8 Å². The summed E-state index contributed by atoms with van der Waals surface area (Å²) in [6.45, 7) is 0. The summed E-state index contributed by atoms with van der Waals surface area (Å²) < 4.78 is 12.8. The first-order chi connectivity index (χ1) is 8.65. The molecule has 0 aromatic carbocycles. The van der Waals surface area contributed by atoms with E-state index in [9.17, 15) is 14.3 Å². The molecule has 1 N–H and O–H groups in total. The highest BCUT2D eigenvalue weighted by Gasteiger charge is 2.28. The van der Waals surface area contributed by atoms with Gasteiger partial charge in [0.25, 0.3) is 4.96 Å². The summed E-state index contributed by atoms with van der Waals surface area (Å²) in [5.74, 6) is 1.40. The Kier molecular flexibility index (Phi) is 2.78. The van der Waals surface area contributed by atoms with Crippen LogP contribution < -0.4 is 5.32 Å². The summed E-state index contributed by atoms with van der Waals surface area (Å²) in [6, 6.07) is 0.00846. The van der Waals surface area contributed by atoms with E-state index in [2.05, 4.69) is 10.3 Å². The van der Waals surface area contributed by atoms with Crippen LogP contribution in [0.25, 0.3) is 4.96 Å². The molecule has 0 saturated carbocycles. The van der Waals surface area contributed by atoms with Crippen LogP contribution in [0.3, 0.4) is 0 Å². The average Bonchev–Trinajstić information content (AvgIpc) is 2.93. The normalized spacial score (nSPS) is 23.6. The Labute approximate surface area is 108 Å². The fourth-order valence-corrected chi connectivity index (χ4v) is 4.14. The van der Waals surface area contributed by atoms with E-state index < -0.39 is 15.7 Å². The topological polar surface area (TPSA) is 89.5 Å². The van der Waals surface area contributed by atoms with E-state index in [0.29, 0.717) is 16.5 Å². The summed E-state index contributed by atoms with van der Waals surface area (Å²) in [5, 5.41) is 15.9. The molecule has 2 atom stereocenters. The maximum Gasteiger partial charge on any atom is 0.372 e. The molecule has 1 aliphatic rings. The van der Waals surface area contributed by atoms with Crippen molar-refractivity contribution in [1.82, 2.24) is 9.38 Å². The first kappa shape index (κ1) is 11.6. The molecule has 0 spiro atoms. The molecule has 3 rings (SSSR count). The molecule has 96 valence electrons. The fraction of sp³-hybridized carbons (Fsp3) is 0.444. The third-order valence-corrected chi connectivity index (χ3v) is 5.05. The Balaban J connectivity index is 1.95. The number of nitrogens with zero attached hydrogens (tertiary/aromatic N) is 3. The second-order valence-electron chi connectivity index (χ2n) is 4.04. The summed E-state index contributed by atoms with van der Waals surface area (Å²) in [7, 11) is -0.816. The Morgan fingerprint density at radius 1 is 1.67 bits per heavy atom. The second-order valence-corrected chi connectivity index (χ2v) is 6.53. The van der Waals surface area contributed by atoms with Gasteiger partial charge in [0.15, 0.2) is 0 Å². The standard InChI is InChI=1S/C9H10N4O3S2/c14-13(15)8-7(10-6-1-4-18(16)5-6)11-9-12(8)2-3-17-9/h2-3,6,10H,1,4-5H2/t6-,18-/m0/s1. The number of fused-ring (bicyclic) bond motifs is 1. The van der Waals surface area contributed by atoms with E-state index in [1.807, 2.05) is 0 Å². The largest absolute Gasteiger partial charge is 0.372 e. The predicted octanol–water partition coefficient (Wildman–Crippen LogP) is 1.24. The number of anilines is 1. The summed E-state index contributed by atoms with van der Waals surface area (Å²) in [6.07, 6.45) is 2.39. The van der Waals surface area contributed by atoms with Crippen molar-refractivity contribution in [3.05, 3.63) is 21.7 Å². The van der Waals surface area contributed by atoms with Crippen molar-refractivity contribution in [2.75, 3.05) is 16.8 Å². The van der Waals surface area contributed by atoms with Crippen LogP contribution in [0.4, 0.5) is 11.6 Å². The first-order valence-corrected chi connectivity index (χ1v) is 7.73. The zero-order valence-electron chi connectivity index (χ0n) is 9.24.